The molecule has 20 rings (SSSR count). The van der Waals surface area contributed by atoms with Crippen molar-refractivity contribution in [2.75, 3.05) is 0 Å². The summed E-state index contributed by atoms with van der Waals surface area (Å²) in [6.45, 7) is 41.3. The largest absolute Gasteiger partial charge is 2.00 e. The van der Waals surface area contributed by atoms with Crippen LogP contribution in [0.2, 0.25) is 0 Å². The molecule has 16 aromatic heterocycles. The van der Waals surface area contributed by atoms with Crippen LogP contribution in [0.15, 0.2) is 135 Å². The Morgan fingerprint density at radius 3 is 0.829 bits per heavy atom. The molecule has 2 saturated carbocycles. The van der Waals surface area contributed by atoms with Gasteiger partial charge in [-0.3, -0.25) is 0 Å². The zero-order valence-corrected chi connectivity index (χ0v) is 87.9. The summed E-state index contributed by atoms with van der Waals surface area (Å²) in [4.78, 5) is 63.3. The van der Waals surface area contributed by atoms with E-state index in [9.17, 15) is 52.7 Å². The molecule has 2 fully saturated rings. The molecule has 140 heavy (non-hydrogen) atoms. The van der Waals surface area contributed by atoms with E-state index < -0.39 is 53.2 Å². The van der Waals surface area contributed by atoms with Gasteiger partial charge in [-0.25, -0.2) is 79.7 Å². The van der Waals surface area contributed by atoms with Gasteiger partial charge in [0.15, 0.2) is 0 Å². The molecule has 4 bridgehead atoms. The molecule has 32 nitrogen and oxygen atoms in total. The molecule has 4 aliphatic carbocycles. The summed E-state index contributed by atoms with van der Waals surface area (Å²) in [7, 11) is 0. The van der Waals surface area contributed by atoms with Crippen LogP contribution in [-0.4, -0.2) is 121 Å². The fourth-order valence-corrected chi connectivity index (χ4v) is 15.9. The maximum atomic E-state index is 12.9. The maximum absolute atomic E-state index is 12.9. The van der Waals surface area contributed by atoms with Gasteiger partial charge in [0.25, 0.3) is 0 Å². The van der Waals surface area contributed by atoms with Crippen molar-refractivity contribution in [1.82, 2.24) is 161 Å². The second-order valence-corrected chi connectivity index (χ2v) is 36.2. The molecule has 0 aromatic carbocycles. The number of hydrogen-bond acceptors (Lipinski definition) is 24. The van der Waals surface area contributed by atoms with E-state index in [1.54, 1.807) is 31.8 Å². The molecule has 16 heterocycles. The van der Waals surface area contributed by atoms with Crippen LogP contribution in [-0.2, 0) is 131 Å². The monoisotopic (exact) mass is 2650 g/mol. The van der Waals surface area contributed by atoms with E-state index in [2.05, 4.69) is 244 Å². The summed E-state index contributed by atoms with van der Waals surface area (Å²) in [5.74, 6) is 3.53. The van der Waals surface area contributed by atoms with Crippen LogP contribution in [0.1, 0.15) is 223 Å². The third-order valence-electron chi connectivity index (χ3n) is 24.0. The van der Waals surface area contributed by atoms with Crippen molar-refractivity contribution in [3.8, 4) is 91.1 Å². The number of rotatable bonds is 8. The first-order valence-electron chi connectivity index (χ1n) is 42.5. The predicted molar refractivity (Wildman–Crippen MR) is 470 cm³/mol. The SMILES string of the molecule is CC12CCC(c3c1n[n-]c3-c1cc(C(F)(F)F)ncn1)C2(C)C.Cc1cc(-c2[n-]nc3c2C2CCC3(C)C2(C)C)ncn1.Cc1cc(-c2cc(C)n[n-]2)ncn1.Cc1cc(-c2ccnc(C)n2)[n-]n1.Cc1nccc(-c2cc(C(C)(C)C)n[n-]2)n1.Cc1nccc(-c2cc(C(C)(C)C)n[n-]2)n1.Cc1nccc(-c2cc(C(F)(F)F)n[n-]2)n1.FC(F)(F)c1cc(-c2cc(C(F)(F)F)n[n-]2)ncn1.[Pt+2].[Pt+2].[Pt+2].[Pt+2]. The van der Waals surface area contributed by atoms with Gasteiger partial charge in [0, 0.05) is 92.0 Å². The van der Waals surface area contributed by atoms with Crippen molar-refractivity contribution < 1.29 is 137 Å². The second-order valence-electron chi connectivity index (χ2n) is 36.2. The van der Waals surface area contributed by atoms with Crippen LogP contribution in [0.25, 0.3) is 91.1 Å². The summed E-state index contributed by atoms with van der Waals surface area (Å²) in [6, 6.07) is 21.5. The van der Waals surface area contributed by atoms with Crippen molar-refractivity contribution in [3.05, 3.63) is 238 Å². The van der Waals surface area contributed by atoms with Crippen LogP contribution in [0.5, 0.6) is 0 Å². The van der Waals surface area contributed by atoms with Gasteiger partial charge in [0.2, 0.25) is 0 Å². The number of hydrogen-bond donors (Lipinski definition) is 0. The fourth-order valence-electron chi connectivity index (χ4n) is 15.9. The summed E-state index contributed by atoms with van der Waals surface area (Å²) in [6.07, 6.45) is -2.55. The van der Waals surface area contributed by atoms with E-state index in [1.807, 2.05) is 103 Å². The molecular formula is C92H92F12N32Pt4. The molecule has 0 saturated heterocycles. The zero-order valence-electron chi connectivity index (χ0n) is 78.8. The zero-order chi connectivity index (χ0) is 98.8. The average molecular weight is 2650 g/mol. The minimum absolute atomic E-state index is 0. The number of alkyl halides is 12. The molecule has 48 heteroatoms. The Kier molecular flexibility index (Phi) is 35.3. The van der Waals surface area contributed by atoms with E-state index >= 15 is 0 Å². The van der Waals surface area contributed by atoms with Crippen molar-refractivity contribution in [3.63, 3.8) is 0 Å². The molecule has 0 amide bonds. The molecular weight excluding hydrogens is 2560 g/mol. The van der Waals surface area contributed by atoms with Gasteiger partial charge in [-0.2, -0.15) is 52.7 Å². The van der Waals surface area contributed by atoms with Crippen LogP contribution >= 0.6 is 0 Å². The summed E-state index contributed by atoms with van der Waals surface area (Å²) >= 11 is 0. The molecule has 0 aliphatic heterocycles. The van der Waals surface area contributed by atoms with Crippen LogP contribution in [0.3, 0.4) is 0 Å². The topological polar surface area (TPSA) is 422 Å². The number of fused-ring (bicyclic) bond motifs is 10. The second kappa shape index (κ2) is 44.2. The Morgan fingerprint density at radius 2 is 0.536 bits per heavy atom. The molecule has 4 aliphatic rings. The fraction of sp³-hybridized carbons (Fsp3) is 0.391. The van der Waals surface area contributed by atoms with E-state index in [-0.39, 0.29) is 140 Å². The van der Waals surface area contributed by atoms with Crippen LogP contribution in [0.4, 0.5) is 52.7 Å². The van der Waals surface area contributed by atoms with Crippen molar-refractivity contribution in [2.45, 2.75) is 222 Å². The smallest absolute Gasteiger partial charge is 0.574 e. The molecule has 744 valence electrons. The standard InChI is InChI=1S/C16H16F3N4.C16H19N4.2C12H15N4.C9H3F6N4.C9H6F3N4.2C9H9N4.4Pt/c1-14(2)8-4-5-15(14,3)13-11(8)12(22-23-13)9-6-10(16(17,18)19)21-7-20-9;1-9-7-11(18-8-17-9)13-12-10-5-6-16(4,15(10,2)3)14(12)20-19-13;2*1-8-13-6-5-9(14-8)10-7-11(16-15-10)12(2,3)4;10-8(11,12)6-1-4(16-3-17-6)5-2-7(19-18-5)9(13,14)15;1-5-13-3-2-6(14-5)7-4-8(16-15-7)9(10,11)12;1-6-3-8(11-5-10-6)9-4-7(2)12-13-9;1-6-5-9(13-12-6)8-3-4-10-7(2)11-8;;;;/h6-8H,4-5H2,1-3H3;7-8,10H,5-6H2,1-4H3;2*5-7H,1-4H3;1-3H;2-4H,1H3;2*3-5H,1-2H3;;;;/q8*-1;4*+2. The molecule has 0 radical (unpaired) electrons. The number of aromatic nitrogens is 32. The van der Waals surface area contributed by atoms with E-state index in [4.69, 9.17) is 0 Å². The first kappa shape index (κ1) is 112. The summed E-state index contributed by atoms with van der Waals surface area (Å²) in [5.41, 5.74) is 14.8. The Hall–Kier alpha value is -11.8. The predicted octanol–water partition coefficient (Wildman–Crippen LogP) is 17.4. The Balaban J connectivity index is 0.000000179. The normalized spacial score (nSPS) is 16.5. The third kappa shape index (κ3) is 25.6. The van der Waals surface area contributed by atoms with Gasteiger partial charge < -0.3 is 81.6 Å². The molecule has 16 aromatic rings. The van der Waals surface area contributed by atoms with E-state index in [1.165, 1.54) is 42.7 Å². The maximum Gasteiger partial charge on any atom is 2.00 e. The van der Waals surface area contributed by atoms with Gasteiger partial charge >= 0.3 is 109 Å². The quantitative estimate of drug-likeness (QED) is 0.127. The molecule has 0 spiro atoms. The van der Waals surface area contributed by atoms with Gasteiger partial charge in [-0.15, -0.1) is 0 Å². The summed E-state index contributed by atoms with van der Waals surface area (Å²) < 4.78 is 149. The average Bonchev–Trinajstić information content (AvgIpc) is 1.52. The first-order chi connectivity index (χ1) is 63.7. The molecule has 4 unspecified atom stereocenters. The number of halogens is 12. The third-order valence-corrected chi connectivity index (χ3v) is 24.0. The van der Waals surface area contributed by atoms with Gasteiger partial charge in [0.1, 0.15) is 71.4 Å². The minimum atomic E-state index is -4.72. The first-order valence-corrected chi connectivity index (χ1v) is 42.5. The van der Waals surface area contributed by atoms with E-state index in [0.29, 0.717) is 41.6 Å². The van der Waals surface area contributed by atoms with Gasteiger partial charge in [-0.1, -0.05) is 153 Å². The van der Waals surface area contributed by atoms with E-state index in [0.717, 1.165) is 151 Å². The van der Waals surface area contributed by atoms with Crippen LogP contribution < -0.4 is 40.8 Å². The minimum Gasteiger partial charge on any atom is -0.574 e. The Labute approximate surface area is 854 Å². The Morgan fingerprint density at radius 1 is 0.271 bits per heavy atom. The number of nitrogens with zero attached hydrogens (tertiary/aromatic N) is 32. The molecule has 4 atom stereocenters. The Bertz CT molecular complexity index is 6550. The van der Waals surface area contributed by atoms with Crippen molar-refractivity contribution in [1.29, 1.82) is 0 Å². The number of aryl methyl sites for hydroxylation is 8. The van der Waals surface area contributed by atoms with Crippen molar-refractivity contribution >= 4 is 0 Å². The van der Waals surface area contributed by atoms with Crippen LogP contribution in [0, 0.1) is 66.2 Å². The van der Waals surface area contributed by atoms with Gasteiger partial charge in [-0.05, 0) is 176 Å². The molecule has 0 N–H and O–H groups in total. The van der Waals surface area contributed by atoms with Gasteiger partial charge in [0.05, 0.1) is 45.6 Å². The van der Waals surface area contributed by atoms with Crippen molar-refractivity contribution in [2.24, 2.45) is 10.8 Å². The summed E-state index contributed by atoms with van der Waals surface area (Å²) in [5, 5.41) is 62.5.